The maximum Gasteiger partial charge on any atom is 0.233 e. The Labute approximate surface area is 106 Å². The van der Waals surface area contributed by atoms with Crippen molar-refractivity contribution in [2.75, 3.05) is 7.11 Å². The van der Waals surface area contributed by atoms with Gasteiger partial charge in [-0.05, 0) is 12.0 Å². The predicted octanol–water partition coefficient (Wildman–Crippen LogP) is 1.53. The van der Waals surface area contributed by atoms with E-state index >= 15 is 0 Å². The predicted molar refractivity (Wildman–Crippen MR) is 67.7 cm³/mol. The fraction of sp³-hybridized carbons (Fsp3) is 0.357. The van der Waals surface area contributed by atoms with Crippen LogP contribution in [0.3, 0.4) is 0 Å². The second-order valence-corrected chi connectivity index (χ2v) is 4.23. The van der Waals surface area contributed by atoms with E-state index < -0.39 is 6.10 Å². The molecule has 0 heterocycles. The molecule has 4 heteroatoms. The molecule has 1 aliphatic rings. The summed E-state index contributed by atoms with van der Waals surface area (Å²) >= 11 is 0. The Morgan fingerprint density at radius 3 is 2.61 bits per heavy atom. The lowest BCUT2D eigenvalue weighted by Gasteiger charge is -2.31. The van der Waals surface area contributed by atoms with Crippen molar-refractivity contribution in [3.63, 3.8) is 0 Å². The number of ether oxygens (including phenoxy) is 1. The average molecular weight is 247 g/mol. The van der Waals surface area contributed by atoms with E-state index in [1.165, 1.54) is 7.11 Å². The summed E-state index contributed by atoms with van der Waals surface area (Å²) in [4.78, 5) is 11.3. The summed E-state index contributed by atoms with van der Waals surface area (Å²) in [7, 11) is 1.43. The highest BCUT2D eigenvalue weighted by Crippen LogP contribution is 2.27. The summed E-state index contributed by atoms with van der Waals surface area (Å²) in [6, 6.07) is 9.98. The first-order chi connectivity index (χ1) is 8.69. The van der Waals surface area contributed by atoms with Gasteiger partial charge in [-0.25, -0.2) is 0 Å². The van der Waals surface area contributed by atoms with E-state index in [-0.39, 0.29) is 17.6 Å². The molecule has 1 unspecified atom stereocenters. The van der Waals surface area contributed by atoms with Crippen LogP contribution >= 0.6 is 0 Å². The lowest BCUT2D eigenvalue weighted by atomic mass is 9.94. The van der Waals surface area contributed by atoms with Gasteiger partial charge in [-0.15, -0.1) is 0 Å². The Morgan fingerprint density at radius 1 is 1.39 bits per heavy atom. The average Bonchev–Trinajstić information content (AvgIpc) is 2.43. The summed E-state index contributed by atoms with van der Waals surface area (Å²) in [5, 5.41) is 12.8. The molecule has 96 valence electrons. The molecule has 0 aromatic heterocycles. The fourth-order valence-corrected chi connectivity index (χ4v) is 2.08. The molecule has 0 amide bonds. The monoisotopic (exact) mass is 247 g/mol. The molecule has 0 saturated heterocycles. The first-order valence-corrected chi connectivity index (χ1v) is 6.01. The lowest BCUT2D eigenvalue weighted by Crippen LogP contribution is -2.44. The van der Waals surface area contributed by atoms with Crippen LogP contribution in [0, 0.1) is 0 Å². The zero-order chi connectivity index (χ0) is 13.1. The highest BCUT2D eigenvalue weighted by atomic mass is 16.5. The molecule has 4 nitrogen and oxygen atoms in total. The van der Waals surface area contributed by atoms with Gasteiger partial charge in [-0.1, -0.05) is 37.3 Å². The molecule has 1 aromatic rings. The van der Waals surface area contributed by atoms with Crippen LogP contribution in [-0.2, 0) is 9.53 Å². The molecule has 2 atom stereocenters. The number of carbonyl (C=O) groups is 1. The smallest absolute Gasteiger partial charge is 0.233 e. The van der Waals surface area contributed by atoms with Gasteiger partial charge in [0.15, 0.2) is 11.9 Å². The minimum Gasteiger partial charge on any atom is -0.491 e. The number of benzene rings is 1. The third-order valence-corrected chi connectivity index (χ3v) is 3.13. The molecule has 0 fully saturated rings. The van der Waals surface area contributed by atoms with E-state index in [1.807, 2.05) is 37.3 Å². The third kappa shape index (κ3) is 2.11. The Morgan fingerprint density at radius 2 is 2.06 bits per heavy atom. The Kier molecular flexibility index (Phi) is 3.67. The van der Waals surface area contributed by atoms with E-state index in [9.17, 15) is 9.90 Å². The van der Waals surface area contributed by atoms with Gasteiger partial charge in [0.2, 0.25) is 5.78 Å². The SMILES string of the molecule is CC[C@@H](NC1=C(OC)C(=O)C1O)c1ccccc1. The van der Waals surface area contributed by atoms with Crippen LogP contribution in [0.2, 0.25) is 0 Å². The number of nitrogens with one attached hydrogen (secondary N) is 1. The van der Waals surface area contributed by atoms with Crippen LogP contribution in [0.1, 0.15) is 24.9 Å². The molecule has 2 N–H and O–H groups in total. The number of aliphatic hydroxyl groups excluding tert-OH is 1. The number of methoxy groups -OCH3 is 1. The molecular weight excluding hydrogens is 230 g/mol. The summed E-state index contributed by atoms with van der Waals surface area (Å²) in [6.07, 6.45) is -0.219. The highest BCUT2D eigenvalue weighted by Gasteiger charge is 2.40. The van der Waals surface area contributed by atoms with Crippen LogP contribution in [0.4, 0.5) is 0 Å². The van der Waals surface area contributed by atoms with E-state index in [4.69, 9.17) is 4.74 Å². The third-order valence-electron chi connectivity index (χ3n) is 3.13. The summed E-state index contributed by atoms with van der Waals surface area (Å²) < 4.78 is 4.97. The minimum absolute atomic E-state index is 0.0640. The summed E-state index contributed by atoms with van der Waals surface area (Å²) in [6.45, 7) is 2.05. The van der Waals surface area contributed by atoms with Crippen LogP contribution < -0.4 is 5.32 Å². The van der Waals surface area contributed by atoms with Gasteiger partial charge in [0, 0.05) is 0 Å². The Bertz CT molecular complexity index is 467. The first-order valence-electron chi connectivity index (χ1n) is 6.01. The van der Waals surface area contributed by atoms with Gasteiger partial charge in [0.25, 0.3) is 0 Å². The van der Waals surface area contributed by atoms with Crippen molar-refractivity contribution in [2.24, 2.45) is 0 Å². The van der Waals surface area contributed by atoms with Crippen molar-refractivity contribution < 1.29 is 14.6 Å². The molecule has 18 heavy (non-hydrogen) atoms. The zero-order valence-electron chi connectivity index (χ0n) is 10.5. The maximum absolute atomic E-state index is 11.3. The molecule has 0 radical (unpaired) electrons. The summed E-state index contributed by atoms with van der Waals surface area (Å²) in [5.74, 6) is -0.125. The second-order valence-electron chi connectivity index (χ2n) is 4.23. The molecule has 1 aliphatic carbocycles. The number of rotatable bonds is 5. The van der Waals surface area contributed by atoms with E-state index in [0.29, 0.717) is 5.70 Å². The highest BCUT2D eigenvalue weighted by molar-refractivity contribution is 6.06. The van der Waals surface area contributed by atoms with E-state index in [2.05, 4.69) is 5.32 Å². The van der Waals surface area contributed by atoms with Gasteiger partial charge < -0.3 is 15.2 Å². The Hall–Kier alpha value is -1.81. The first kappa shape index (κ1) is 12.6. The molecule has 0 bridgehead atoms. The number of ketones is 1. The standard InChI is InChI=1S/C14H17NO3/c1-3-10(9-7-5-4-6-8-9)15-11-12(16)13(17)14(11)18-2/h4-8,10,12,15-16H,3H2,1-2H3/t10-,12?/m1/s1. The van der Waals surface area contributed by atoms with E-state index in [0.717, 1.165) is 12.0 Å². The molecule has 1 aromatic carbocycles. The molecule has 2 rings (SSSR count). The number of hydrogen-bond donors (Lipinski definition) is 2. The fourth-order valence-electron chi connectivity index (χ4n) is 2.08. The molecular formula is C14H17NO3. The Balaban J connectivity index is 2.18. The second kappa shape index (κ2) is 5.23. The van der Waals surface area contributed by atoms with Crippen molar-refractivity contribution in [1.82, 2.24) is 5.32 Å². The van der Waals surface area contributed by atoms with Gasteiger partial charge in [0.1, 0.15) is 0 Å². The van der Waals surface area contributed by atoms with Gasteiger partial charge in [0.05, 0.1) is 18.8 Å². The molecule has 0 spiro atoms. The van der Waals surface area contributed by atoms with Crippen molar-refractivity contribution in [3.05, 3.63) is 47.4 Å². The van der Waals surface area contributed by atoms with E-state index in [1.54, 1.807) is 0 Å². The van der Waals surface area contributed by atoms with Crippen LogP contribution in [0.15, 0.2) is 41.8 Å². The van der Waals surface area contributed by atoms with Gasteiger partial charge in [-0.2, -0.15) is 0 Å². The van der Waals surface area contributed by atoms with Gasteiger partial charge >= 0.3 is 0 Å². The largest absolute Gasteiger partial charge is 0.491 e. The minimum atomic E-state index is -1.07. The normalized spacial score (nSPS) is 20.4. The maximum atomic E-state index is 11.3. The number of hydrogen-bond acceptors (Lipinski definition) is 4. The van der Waals surface area contributed by atoms with Gasteiger partial charge in [-0.3, -0.25) is 4.79 Å². The lowest BCUT2D eigenvalue weighted by molar-refractivity contribution is -0.129. The molecule has 0 saturated carbocycles. The topological polar surface area (TPSA) is 58.6 Å². The van der Waals surface area contributed by atoms with Crippen molar-refractivity contribution in [3.8, 4) is 0 Å². The van der Waals surface area contributed by atoms with Crippen molar-refractivity contribution in [2.45, 2.75) is 25.5 Å². The summed E-state index contributed by atoms with van der Waals surface area (Å²) in [5.41, 5.74) is 1.60. The van der Waals surface area contributed by atoms with Crippen LogP contribution in [-0.4, -0.2) is 24.1 Å². The quantitative estimate of drug-likeness (QED) is 0.828. The number of carbonyl (C=O) groups excluding carboxylic acids is 1. The van der Waals surface area contributed by atoms with Crippen molar-refractivity contribution in [1.29, 1.82) is 0 Å². The van der Waals surface area contributed by atoms with Crippen molar-refractivity contribution >= 4 is 5.78 Å². The van der Waals surface area contributed by atoms with Crippen LogP contribution in [0.5, 0.6) is 0 Å². The zero-order valence-corrected chi connectivity index (χ0v) is 10.5. The number of Topliss-reactive ketones (excluding diaryl/α,β-unsaturated/α-hetero) is 1. The van der Waals surface area contributed by atoms with Crippen LogP contribution in [0.25, 0.3) is 0 Å². The number of aliphatic hydroxyl groups is 1. The molecule has 0 aliphatic heterocycles.